The van der Waals surface area contributed by atoms with Crippen LogP contribution in [-0.4, -0.2) is 46.8 Å². The van der Waals surface area contributed by atoms with Gasteiger partial charge in [0.2, 0.25) is 0 Å². The van der Waals surface area contributed by atoms with Crippen molar-refractivity contribution < 1.29 is 42.7 Å². The van der Waals surface area contributed by atoms with Gasteiger partial charge in [-0.25, -0.2) is 4.57 Å². The number of rotatable bonds is 39. The normalized spacial score (nSPS) is 12.6. The minimum atomic E-state index is -4.78. The van der Waals surface area contributed by atoms with Crippen molar-refractivity contribution in [3.8, 4) is 0 Å². The molecule has 0 radical (unpaired) electrons. The van der Waals surface area contributed by atoms with E-state index >= 15 is 0 Å². The Morgan fingerprint density at radius 2 is 1.06 bits per heavy atom. The fraction of sp³-hybridized carbons (Fsp3) is 0.837. The van der Waals surface area contributed by atoms with Crippen LogP contribution < -0.4 is 0 Å². The van der Waals surface area contributed by atoms with Crippen LogP contribution >= 0.6 is 7.82 Å². The molecule has 0 fully saturated rings. The fourth-order valence-electron chi connectivity index (χ4n) is 6.13. The second kappa shape index (κ2) is 37.1. The van der Waals surface area contributed by atoms with Gasteiger partial charge in [-0.15, -0.1) is 0 Å². The first kappa shape index (κ1) is 51.2. The molecule has 0 aliphatic heterocycles. The van der Waals surface area contributed by atoms with E-state index in [2.05, 4.69) is 31.4 Å². The molecule has 0 aromatic carbocycles. The van der Waals surface area contributed by atoms with Crippen molar-refractivity contribution >= 4 is 25.5 Å². The molecule has 0 aromatic rings. The molecule has 9 nitrogen and oxygen atoms in total. The molecule has 2 N–H and O–H groups in total. The zero-order chi connectivity index (χ0) is 39.3. The molecular formula is C43H79O9P. The van der Waals surface area contributed by atoms with Crippen LogP contribution in [0.1, 0.15) is 207 Å². The third-order valence-electron chi connectivity index (χ3n) is 9.38. The van der Waals surface area contributed by atoms with Crippen molar-refractivity contribution in [3.63, 3.8) is 0 Å². The number of ether oxygens (including phenoxy) is 2. The van der Waals surface area contributed by atoms with Crippen molar-refractivity contribution in [2.75, 3.05) is 13.2 Å². The van der Waals surface area contributed by atoms with E-state index in [9.17, 15) is 18.9 Å². The molecule has 0 aliphatic rings. The zero-order valence-corrected chi connectivity index (χ0v) is 35.0. The number of esters is 2. The van der Waals surface area contributed by atoms with Crippen LogP contribution in [0.4, 0.5) is 0 Å². The number of unbranched alkanes of at least 4 members (excludes halogenated alkanes) is 22. The van der Waals surface area contributed by atoms with E-state index in [1.807, 2.05) is 12.2 Å². The highest BCUT2D eigenvalue weighted by Crippen LogP contribution is 2.36. The molecule has 10 heteroatoms. The van der Waals surface area contributed by atoms with Crippen molar-refractivity contribution in [1.82, 2.24) is 0 Å². The molecule has 0 unspecified atom stereocenters. The largest absolute Gasteiger partial charge is 0.469 e. The van der Waals surface area contributed by atoms with Crippen LogP contribution in [0.2, 0.25) is 0 Å². The van der Waals surface area contributed by atoms with Gasteiger partial charge in [-0.2, -0.15) is 0 Å². The Morgan fingerprint density at radius 1 is 0.585 bits per heavy atom. The van der Waals surface area contributed by atoms with Crippen LogP contribution in [0, 0.1) is 5.92 Å². The summed E-state index contributed by atoms with van der Waals surface area (Å²) in [6.07, 6.45) is 37.2. The molecular weight excluding hydrogens is 691 g/mol. The quantitative estimate of drug-likeness (QED) is 0.0206. The number of phosphoric acid groups is 1. The first-order chi connectivity index (χ1) is 25.5. The highest BCUT2D eigenvalue weighted by Gasteiger charge is 2.23. The van der Waals surface area contributed by atoms with Crippen molar-refractivity contribution in [2.24, 2.45) is 5.92 Å². The van der Waals surface area contributed by atoms with Gasteiger partial charge in [0, 0.05) is 19.3 Å². The topological polar surface area (TPSA) is 136 Å². The van der Waals surface area contributed by atoms with Crippen LogP contribution in [0.3, 0.4) is 0 Å². The Labute approximate surface area is 324 Å². The van der Waals surface area contributed by atoms with E-state index in [4.69, 9.17) is 19.3 Å². The Kier molecular flexibility index (Phi) is 35.9. The van der Waals surface area contributed by atoms with Gasteiger partial charge >= 0.3 is 19.8 Å². The van der Waals surface area contributed by atoms with Gasteiger partial charge in [-0.3, -0.25) is 18.9 Å². The van der Waals surface area contributed by atoms with Gasteiger partial charge in [0.1, 0.15) is 6.61 Å². The maximum atomic E-state index is 12.4. The average Bonchev–Trinajstić information content (AvgIpc) is 3.10. The second-order valence-corrected chi connectivity index (χ2v) is 16.4. The van der Waals surface area contributed by atoms with E-state index in [0.717, 1.165) is 57.3 Å². The first-order valence-corrected chi connectivity index (χ1v) is 23.0. The second-order valence-electron chi connectivity index (χ2n) is 15.2. The standard InChI is InChI=1S/C43H79O9P/c1-4-5-6-7-18-23-28-33-40(44)34-29-24-21-26-30-35-42(45)50-37-41(38-51-53(47,48)49)52-43(46)36-31-25-20-17-15-13-11-9-8-10-12-14-16-19-22-27-32-39(2)3/h18,23,28,33,39,41H,4-17,19-22,24-27,29-32,34-38H2,1-3H3,(H2,47,48,49)/b23-18-,33-28+/t41-/m1/s1. The van der Waals surface area contributed by atoms with Gasteiger partial charge in [-0.05, 0) is 44.1 Å². The van der Waals surface area contributed by atoms with Gasteiger partial charge in [0.15, 0.2) is 11.9 Å². The summed E-state index contributed by atoms with van der Waals surface area (Å²) < 4.78 is 26.3. The number of carbonyl (C=O) groups excluding carboxylic acids is 3. The van der Waals surface area contributed by atoms with Crippen LogP contribution in [0.15, 0.2) is 24.3 Å². The number of allylic oxidation sites excluding steroid dienone is 4. The van der Waals surface area contributed by atoms with E-state index in [-0.39, 0.29) is 25.2 Å². The number of carbonyl (C=O) groups is 3. The maximum absolute atomic E-state index is 12.4. The van der Waals surface area contributed by atoms with E-state index in [1.165, 1.54) is 103 Å². The lowest BCUT2D eigenvalue weighted by atomic mass is 10.0. The monoisotopic (exact) mass is 771 g/mol. The van der Waals surface area contributed by atoms with Crippen molar-refractivity contribution in [1.29, 1.82) is 0 Å². The number of hydrogen-bond acceptors (Lipinski definition) is 7. The van der Waals surface area contributed by atoms with Gasteiger partial charge < -0.3 is 19.3 Å². The molecule has 0 bridgehead atoms. The van der Waals surface area contributed by atoms with E-state index in [0.29, 0.717) is 19.3 Å². The summed E-state index contributed by atoms with van der Waals surface area (Å²) in [6.45, 7) is 5.89. The van der Waals surface area contributed by atoms with Crippen molar-refractivity contribution in [3.05, 3.63) is 24.3 Å². The van der Waals surface area contributed by atoms with Crippen molar-refractivity contribution in [2.45, 2.75) is 213 Å². The first-order valence-electron chi connectivity index (χ1n) is 21.4. The molecule has 1 atom stereocenters. The molecule has 310 valence electrons. The maximum Gasteiger partial charge on any atom is 0.469 e. The Balaban J connectivity index is 3.95. The Bertz CT molecular complexity index is 988. The summed E-state index contributed by atoms with van der Waals surface area (Å²) in [6, 6.07) is 0. The summed E-state index contributed by atoms with van der Waals surface area (Å²) >= 11 is 0. The smallest absolute Gasteiger partial charge is 0.462 e. The van der Waals surface area contributed by atoms with E-state index in [1.54, 1.807) is 6.08 Å². The van der Waals surface area contributed by atoms with E-state index < -0.39 is 32.5 Å². The molecule has 0 aliphatic carbocycles. The third-order valence-corrected chi connectivity index (χ3v) is 9.86. The summed E-state index contributed by atoms with van der Waals surface area (Å²) in [7, 11) is -4.78. The van der Waals surface area contributed by atoms with Crippen LogP contribution in [-0.2, 0) is 32.9 Å². The number of hydrogen-bond donors (Lipinski definition) is 2. The molecule has 0 rings (SSSR count). The average molecular weight is 771 g/mol. The van der Waals surface area contributed by atoms with Crippen LogP contribution in [0.25, 0.3) is 0 Å². The summed E-state index contributed by atoms with van der Waals surface area (Å²) in [4.78, 5) is 54.8. The molecule has 0 heterocycles. The molecule has 53 heavy (non-hydrogen) atoms. The predicted molar refractivity (Wildman–Crippen MR) is 217 cm³/mol. The zero-order valence-electron chi connectivity index (χ0n) is 34.1. The lowest BCUT2D eigenvalue weighted by Gasteiger charge is -2.18. The Hall–Kier alpha value is -1.80. The summed E-state index contributed by atoms with van der Waals surface area (Å²) in [5.74, 6) is -0.0147. The summed E-state index contributed by atoms with van der Waals surface area (Å²) in [5, 5.41) is 0. The molecule has 0 saturated heterocycles. The fourth-order valence-corrected chi connectivity index (χ4v) is 6.49. The molecule has 0 amide bonds. The van der Waals surface area contributed by atoms with Crippen LogP contribution in [0.5, 0.6) is 0 Å². The predicted octanol–water partition coefficient (Wildman–Crippen LogP) is 12.2. The number of ketones is 1. The van der Waals surface area contributed by atoms with Gasteiger partial charge in [0.25, 0.3) is 0 Å². The lowest BCUT2D eigenvalue weighted by Crippen LogP contribution is -2.29. The molecule has 0 saturated carbocycles. The lowest BCUT2D eigenvalue weighted by molar-refractivity contribution is -0.161. The highest BCUT2D eigenvalue weighted by atomic mass is 31.2. The third kappa shape index (κ3) is 41.2. The SMILES string of the molecule is CCCCC/C=C\C=C\C(=O)CCCCCCCC(=O)OC[C@H](COP(=O)(O)O)OC(=O)CCCCCCCCCCCCCCCCCCC(C)C. The number of phosphoric ester groups is 1. The molecule has 0 spiro atoms. The Morgan fingerprint density at radius 3 is 1.55 bits per heavy atom. The van der Waals surface area contributed by atoms with Gasteiger partial charge in [-0.1, -0.05) is 174 Å². The molecule has 0 aromatic heterocycles. The minimum absolute atomic E-state index is 0.120. The minimum Gasteiger partial charge on any atom is -0.462 e. The summed E-state index contributed by atoms with van der Waals surface area (Å²) in [5.41, 5.74) is 0. The highest BCUT2D eigenvalue weighted by molar-refractivity contribution is 7.46. The van der Waals surface area contributed by atoms with Gasteiger partial charge in [0.05, 0.1) is 6.61 Å².